The Morgan fingerprint density at radius 3 is 2.89 bits per heavy atom. The summed E-state index contributed by atoms with van der Waals surface area (Å²) in [4.78, 5) is 4.27. The van der Waals surface area contributed by atoms with Gasteiger partial charge in [-0.2, -0.15) is 0 Å². The fraction of sp³-hybridized carbons (Fsp3) is 0.643. The predicted molar refractivity (Wildman–Crippen MR) is 77.6 cm³/mol. The van der Waals surface area contributed by atoms with Gasteiger partial charge in [0.25, 0.3) is 0 Å². The largest absolute Gasteiger partial charge is 0.393 e. The van der Waals surface area contributed by atoms with Gasteiger partial charge in [0.1, 0.15) is 5.82 Å². The van der Waals surface area contributed by atoms with E-state index in [1.165, 1.54) is 19.3 Å². The molecule has 1 saturated carbocycles. The molecule has 2 atom stereocenters. The minimum atomic E-state index is -0.0652. The fourth-order valence-corrected chi connectivity index (χ4v) is 2.82. The standard InChI is InChI=1S/C14H21BrN2O/c15-12-7-8-14(17-10-12)16-9-3-5-11-4-1-2-6-13(11)18/h7-8,10-11,13,18H,1-6,9H2,(H,16,17). The highest BCUT2D eigenvalue weighted by Crippen LogP contribution is 2.27. The van der Waals surface area contributed by atoms with Gasteiger partial charge in [-0.05, 0) is 59.7 Å². The average molecular weight is 313 g/mol. The van der Waals surface area contributed by atoms with E-state index in [2.05, 4.69) is 26.2 Å². The number of nitrogens with zero attached hydrogens (tertiary/aromatic N) is 1. The van der Waals surface area contributed by atoms with Crippen LogP contribution < -0.4 is 5.32 Å². The molecule has 0 aromatic carbocycles. The van der Waals surface area contributed by atoms with Crippen molar-refractivity contribution in [2.75, 3.05) is 11.9 Å². The minimum absolute atomic E-state index is 0.0652. The zero-order chi connectivity index (χ0) is 12.8. The number of aliphatic hydroxyl groups is 1. The molecule has 18 heavy (non-hydrogen) atoms. The van der Waals surface area contributed by atoms with Crippen molar-refractivity contribution in [3.05, 3.63) is 22.8 Å². The molecule has 0 radical (unpaired) electrons. The third kappa shape index (κ3) is 4.25. The molecule has 2 unspecified atom stereocenters. The van der Waals surface area contributed by atoms with E-state index in [4.69, 9.17) is 0 Å². The molecule has 2 N–H and O–H groups in total. The van der Waals surface area contributed by atoms with Gasteiger partial charge in [0.15, 0.2) is 0 Å². The van der Waals surface area contributed by atoms with Crippen LogP contribution in [0, 0.1) is 5.92 Å². The molecule has 0 aliphatic heterocycles. The van der Waals surface area contributed by atoms with Crippen LogP contribution in [0.25, 0.3) is 0 Å². The monoisotopic (exact) mass is 312 g/mol. The Morgan fingerprint density at radius 2 is 2.17 bits per heavy atom. The summed E-state index contributed by atoms with van der Waals surface area (Å²) in [5.74, 6) is 1.43. The number of hydrogen-bond acceptors (Lipinski definition) is 3. The van der Waals surface area contributed by atoms with E-state index in [0.717, 1.165) is 36.1 Å². The van der Waals surface area contributed by atoms with Crippen LogP contribution in [0.15, 0.2) is 22.8 Å². The zero-order valence-electron chi connectivity index (χ0n) is 10.6. The number of pyridine rings is 1. The van der Waals surface area contributed by atoms with Gasteiger partial charge in [-0.15, -0.1) is 0 Å². The molecule has 0 amide bonds. The topological polar surface area (TPSA) is 45.1 Å². The molecule has 0 saturated heterocycles. The second-order valence-corrected chi connectivity index (χ2v) is 5.96. The van der Waals surface area contributed by atoms with Crippen LogP contribution in [-0.2, 0) is 0 Å². The maximum absolute atomic E-state index is 9.88. The van der Waals surface area contributed by atoms with Crippen LogP contribution in [0.2, 0.25) is 0 Å². The van der Waals surface area contributed by atoms with Crippen molar-refractivity contribution in [3.8, 4) is 0 Å². The quantitative estimate of drug-likeness (QED) is 0.817. The Bertz CT molecular complexity index is 355. The summed E-state index contributed by atoms with van der Waals surface area (Å²) in [6, 6.07) is 3.96. The number of hydrogen-bond donors (Lipinski definition) is 2. The van der Waals surface area contributed by atoms with Crippen molar-refractivity contribution in [1.82, 2.24) is 4.98 Å². The Kier molecular flexibility index (Phi) is 5.45. The number of rotatable bonds is 5. The Hall–Kier alpha value is -0.610. The van der Waals surface area contributed by atoms with E-state index >= 15 is 0 Å². The van der Waals surface area contributed by atoms with E-state index in [9.17, 15) is 5.11 Å². The molecule has 1 aromatic rings. The van der Waals surface area contributed by atoms with E-state index in [1.54, 1.807) is 6.20 Å². The van der Waals surface area contributed by atoms with Gasteiger partial charge in [-0.3, -0.25) is 0 Å². The summed E-state index contributed by atoms with van der Waals surface area (Å²) in [6.07, 6.45) is 8.61. The molecule has 1 aromatic heterocycles. The highest BCUT2D eigenvalue weighted by atomic mass is 79.9. The van der Waals surface area contributed by atoms with Gasteiger partial charge in [-0.25, -0.2) is 4.98 Å². The lowest BCUT2D eigenvalue weighted by atomic mass is 9.83. The van der Waals surface area contributed by atoms with Crippen molar-refractivity contribution in [3.63, 3.8) is 0 Å². The summed E-state index contributed by atoms with van der Waals surface area (Å²) < 4.78 is 0.998. The number of aliphatic hydroxyl groups excluding tert-OH is 1. The summed E-state index contributed by atoms with van der Waals surface area (Å²) in [6.45, 7) is 0.928. The normalized spacial score (nSPS) is 23.9. The molecule has 1 aliphatic rings. The number of halogens is 1. The predicted octanol–water partition coefficient (Wildman–Crippen LogP) is 3.59. The van der Waals surface area contributed by atoms with Crippen molar-refractivity contribution < 1.29 is 5.11 Å². The third-order valence-electron chi connectivity index (χ3n) is 3.65. The highest BCUT2D eigenvalue weighted by molar-refractivity contribution is 9.10. The van der Waals surface area contributed by atoms with Crippen LogP contribution in [0.1, 0.15) is 38.5 Å². The van der Waals surface area contributed by atoms with Crippen LogP contribution in [0.5, 0.6) is 0 Å². The van der Waals surface area contributed by atoms with Crippen molar-refractivity contribution in [2.24, 2.45) is 5.92 Å². The molecule has 3 nitrogen and oxygen atoms in total. The fourth-order valence-electron chi connectivity index (χ4n) is 2.59. The van der Waals surface area contributed by atoms with E-state index in [0.29, 0.717) is 5.92 Å². The van der Waals surface area contributed by atoms with Crippen molar-refractivity contribution in [2.45, 2.75) is 44.6 Å². The first kappa shape index (κ1) is 13.8. The van der Waals surface area contributed by atoms with Gasteiger partial charge >= 0.3 is 0 Å². The first-order valence-electron chi connectivity index (χ1n) is 6.79. The Balaban J connectivity index is 1.65. The summed E-state index contributed by atoms with van der Waals surface area (Å²) >= 11 is 3.37. The lowest BCUT2D eigenvalue weighted by Gasteiger charge is -2.27. The molecule has 1 heterocycles. The average Bonchev–Trinajstić information content (AvgIpc) is 2.39. The SMILES string of the molecule is OC1CCCCC1CCCNc1ccc(Br)cn1. The summed E-state index contributed by atoms with van der Waals surface area (Å²) in [7, 11) is 0. The molecule has 100 valence electrons. The number of anilines is 1. The van der Waals surface area contributed by atoms with Crippen LogP contribution in [0.3, 0.4) is 0 Å². The summed E-state index contributed by atoms with van der Waals surface area (Å²) in [5.41, 5.74) is 0. The maximum Gasteiger partial charge on any atom is 0.125 e. The summed E-state index contributed by atoms with van der Waals surface area (Å²) in [5, 5.41) is 13.2. The lowest BCUT2D eigenvalue weighted by Crippen LogP contribution is -2.24. The first-order chi connectivity index (χ1) is 8.75. The molecular formula is C14H21BrN2O. The van der Waals surface area contributed by atoms with Gasteiger partial charge in [0.2, 0.25) is 0 Å². The lowest BCUT2D eigenvalue weighted by molar-refractivity contribution is 0.0648. The van der Waals surface area contributed by atoms with E-state index in [1.807, 2.05) is 12.1 Å². The minimum Gasteiger partial charge on any atom is -0.393 e. The molecule has 0 spiro atoms. The number of nitrogens with one attached hydrogen (secondary N) is 1. The molecule has 1 fully saturated rings. The second-order valence-electron chi connectivity index (χ2n) is 5.04. The molecular weight excluding hydrogens is 292 g/mol. The van der Waals surface area contributed by atoms with Crippen LogP contribution >= 0.6 is 15.9 Å². The first-order valence-corrected chi connectivity index (χ1v) is 7.58. The highest BCUT2D eigenvalue weighted by Gasteiger charge is 2.21. The van der Waals surface area contributed by atoms with Crippen LogP contribution in [0.4, 0.5) is 5.82 Å². The van der Waals surface area contributed by atoms with Crippen molar-refractivity contribution in [1.29, 1.82) is 0 Å². The van der Waals surface area contributed by atoms with Crippen LogP contribution in [-0.4, -0.2) is 22.7 Å². The van der Waals surface area contributed by atoms with Gasteiger partial charge in [0, 0.05) is 17.2 Å². The van der Waals surface area contributed by atoms with E-state index < -0.39 is 0 Å². The molecule has 1 aliphatic carbocycles. The molecule has 2 rings (SSSR count). The maximum atomic E-state index is 9.88. The van der Waals surface area contributed by atoms with Gasteiger partial charge < -0.3 is 10.4 Å². The Morgan fingerprint density at radius 1 is 1.33 bits per heavy atom. The van der Waals surface area contributed by atoms with E-state index in [-0.39, 0.29) is 6.10 Å². The molecule has 4 heteroatoms. The Labute approximate surface area is 117 Å². The number of aromatic nitrogens is 1. The third-order valence-corrected chi connectivity index (χ3v) is 4.12. The molecule has 0 bridgehead atoms. The second kappa shape index (κ2) is 7.10. The zero-order valence-corrected chi connectivity index (χ0v) is 12.2. The van der Waals surface area contributed by atoms with Gasteiger partial charge in [0.05, 0.1) is 6.10 Å². The smallest absolute Gasteiger partial charge is 0.125 e. The van der Waals surface area contributed by atoms with Crippen molar-refractivity contribution >= 4 is 21.7 Å². The van der Waals surface area contributed by atoms with Gasteiger partial charge in [-0.1, -0.05) is 12.8 Å².